The van der Waals surface area contributed by atoms with Gasteiger partial charge in [-0.1, -0.05) is 71.0 Å². The lowest BCUT2D eigenvalue weighted by molar-refractivity contribution is -0.118. The van der Waals surface area contributed by atoms with Gasteiger partial charge in [-0.15, -0.1) is 0 Å². The highest BCUT2D eigenvalue weighted by molar-refractivity contribution is 5.94. The number of hydrogen-bond donors (Lipinski definition) is 3. The van der Waals surface area contributed by atoms with Crippen molar-refractivity contribution in [2.24, 2.45) is 5.92 Å². The summed E-state index contributed by atoms with van der Waals surface area (Å²) < 4.78 is 0. The van der Waals surface area contributed by atoms with Crippen molar-refractivity contribution < 1.29 is 9.90 Å². The van der Waals surface area contributed by atoms with E-state index in [9.17, 15) is 9.90 Å². The Bertz CT molecular complexity index is 749. The Morgan fingerprint density at radius 3 is 2.30 bits per heavy atom. The molecular weight excluding hydrogens is 336 g/mol. The molecule has 0 aromatic heterocycles. The van der Waals surface area contributed by atoms with Gasteiger partial charge in [0.1, 0.15) is 5.75 Å². The summed E-state index contributed by atoms with van der Waals surface area (Å²) in [7, 11) is 0. The summed E-state index contributed by atoms with van der Waals surface area (Å²) in [5, 5.41) is 17.0. The van der Waals surface area contributed by atoms with Gasteiger partial charge in [-0.2, -0.15) is 0 Å². The summed E-state index contributed by atoms with van der Waals surface area (Å²) in [6.07, 6.45) is 0.721. The van der Waals surface area contributed by atoms with Gasteiger partial charge in [-0.3, -0.25) is 4.79 Å². The number of carbonyl (C=O) groups is 1. The Balaban J connectivity index is 2.12. The molecule has 2 rings (SSSR count). The summed E-state index contributed by atoms with van der Waals surface area (Å²) in [5.41, 5.74) is 2.37. The van der Waals surface area contributed by atoms with E-state index >= 15 is 0 Å². The van der Waals surface area contributed by atoms with E-state index in [1.54, 1.807) is 0 Å². The molecule has 3 N–H and O–H groups in total. The Morgan fingerprint density at radius 2 is 1.70 bits per heavy atom. The van der Waals surface area contributed by atoms with Gasteiger partial charge in [0.2, 0.25) is 5.91 Å². The third-order valence-electron chi connectivity index (χ3n) is 4.53. The average molecular weight is 369 g/mol. The van der Waals surface area contributed by atoms with Crippen LogP contribution in [0.15, 0.2) is 48.5 Å². The second-order valence-electron chi connectivity index (χ2n) is 8.48. The Labute approximate surface area is 163 Å². The molecular formula is C23H32N2O2. The molecule has 1 amide bonds. The molecule has 0 saturated heterocycles. The van der Waals surface area contributed by atoms with Crippen LogP contribution in [-0.4, -0.2) is 17.1 Å². The zero-order valence-corrected chi connectivity index (χ0v) is 17.0. The molecule has 0 heterocycles. The van der Waals surface area contributed by atoms with E-state index < -0.39 is 0 Å². The molecule has 0 radical (unpaired) electrons. The maximum Gasteiger partial charge on any atom is 0.241 e. The average Bonchev–Trinajstić information content (AvgIpc) is 2.59. The molecule has 0 unspecified atom stereocenters. The molecule has 4 nitrogen and oxygen atoms in total. The fourth-order valence-corrected chi connectivity index (χ4v) is 3.08. The van der Waals surface area contributed by atoms with Gasteiger partial charge in [-0.25, -0.2) is 0 Å². The molecule has 0 aliphatic carbocycles. The van der Waals surface area contributed by atoms with Gasteiger partial charge in [0, 0.05) is 17.8 Å². The van der Waals surface area contributed by atoms with Crippen molar-refractivity contribution in [2.45, 2.75) is 59.0 Å². The van der Waals surface area contributed by atoms with Crippen molar-refractivity contribution in [1.82, 2.24) is 5.32 Å². The van der Waals surface area contributed by atoms with Crippen LogP contribution < -0.4 is 10.6 Å². The molecule has 2 aromatic carbocycles. The predicted octanol–water partition coefficient (Wildman–Crippen LogP) is 4.83. The number of anilines is 1. The topological polar surface area (TPSA) is 61.4 Å². The van der Waals surface area contributed by atoms with Crippen LogP contribution in [0.3, 0.4) is 0 Å². The minimum atomic E-state index is -0.331. The summed E-state index contributed by atoms with van der Waals surface area (Å²) in [6, 6.07) is 15.0. The van der Waals surface area contributed by atoms with Crippen molar-refractivity contribution in [2.75, 3.05) is 5.32 Å². The van der Waals surface area contributed by atoms with Crippen LogP contribution in [0.4, 0.5) is 5.69 Å². The largest absolute Gasteiger partial charge is 0.507 e. The first-order valence-corrected chi connectivity index (χ1v) is 9.59. The van der Waals surface area contributed by atoms with E-state index in [0.717, 1.165) is 23.2 Å². The third-order valence-corrected chi connectivity index (χ3v) is 4.53. The highest BCUT2D eigenvalue weighted by Gasteiger charge is 2.22. The van der Waals surface area contributed by atoms with Crippen molar-refractivity contribution >= 4 is 11.6 Å². The highest BCUT2D eigenvalue weighted by Crippen LogP contribution is 2.33. The Morgan fingerprint density at radius 1 is 1.04 bits per heavy atom. The number of amides is 1. The minimum absolute atomic E-state index is 0.0543. The third kappa shape index (κ3) is 6.10. The van der Waals surface area contributed by atoms with E-state index in [1.165, 1.54) is 0 Å². The molecule has 0 bridgehead atoms. The Kier molecular flexibility index (Phi) is 7.03. The summed E-state index contributed by atoms with van der Waals surface area (Å²) in [6.45, 7) is 10.9. The van der Waals surface area contributed by atoms with E-state index in [4.69, 9.17) is 0 Å². The number of hydrogen-bond acceptors (Lipinski definition) is 3. The number of rotatable bonds is 7. The van der Waals surface area contributed by atoms with Gasteiger partial charge < -0.3 is 15.7 Å². The monoisotopic (exact) mass is 368 g/mol. The maximum absolute atomic E-state index is 12.7. The lowest BCUT2D eigenvalue weighted by Crippen LogP contribution is -2.41. The number of para-hydroxylation sites is 2. The summed E-state index contributed by atoms with van der Waals surface area (Å²) >= 11 is 0. The first kappa shape index (κ1) is 21.0. The molecule has 1 atom stereocenters. The first-order chi connectivity index (χ1) is 12.7. The van der Waals surface area contributed by atoms with Crippen LogP contribution in [-0.2, 0) is 16.8 Å². The molecule has 146 valence electrons. The number of phenols is 1. The lowest BCUT2D eigenvalue weighted by atomic mass is 9.85. The fraction of sp³-hybridized carbons (Fsp3) is 0.435. The molecule has 0 saturated carbocycles. The van der Waals surface area contributed by atoms with Gasteiger partial charge >= 0.3 is 0 Å². The molecule has 0 aliphatic heterocycles. The van der Waals surface area contributed by atoms with Gasteiger partial charge in [0.25, 0.3) is 0 Å². The van der Waals surface area contributed by atoms with Crippen LogP contribution in [0.1, 0.15) is 52.2 Å². The second-order valence-corrected chi connectivity index (χ2v) is 8.48. The van der Waals surface area contributed by atoms with E-state index in [0.29, 0.717) is 18.2 Å². The number of nitrogens with one attached hydrogen (secondary N) is 2. The zero-order chi connectivity index (χ0) is 20.0. The number of aromatic hydroxyl groups is 1. The lowest BCUT2D eigenvalue weighted by Gasteiger charge is -2.24. The molecule has 4 heteroatoms. The van der Waals surface area contributed by atoms with Crippen molar-refractivity contribution in [3.05, 3.63) is 59.7 Å². The number of carbonyl (C=O) groups excluding carboxylic acids is 1. The SMILES string of the molecule is CC(C)C[C@H](NCc1cccc(C(C)(C)C)c1O)C(=O)Nc1ccccc1. The number of phenolic OH excluding ortho intramolecular Hbond substituents is 1. The first-order valence-electron chi connectivity index (χ1n) is 9.59. The smallest absolute Gasteiger partial charge is 0.241 e. The van der Waals surface area contributed by atoms with Crippen molar-refractivity contribution in [3.63, 3.8) is 0 Å². The van der Waals surface area contributed by atoms with Gasteiger partial charge in [0.05, 0.1) is 6.04 Å². The Hall–Kier alpha value is -2.33. The van der Waals surface area contributed by atoms with E-state index in [2.05, 4.69) is 45.3 Å². The van der Waals surface area contributed by atoms with Gasteiger partial charge in [0.15, 0.2) is 0 Å². The molecule has 0 aliphatic rings. The molecule has 0 spiro atoms. The fourth-order valence-electron chi connectivity index (χ4n) is 3.08. The zero-order valence-electron chi connectivity index (χ0n) is 17.0. The normalized spacial score (nSPS) is 12.8. The van der Waals surface area contributed by atoms with Gasteiger partial charge in [-0.05, 0) is 35.4 Å². The minimum Gasteiger partial charge on any atom is -0.507 e. The van der Waals surface area contributed by atoms with Crippen molar-refractivity contribution in [1.29, 1.82) is 0 Å². The van der Waals surface area contributed by atoms with Crippen LogP contribution in [0, 0.1) is 5.92 Å². The second kappa shape index (κ2) is 9.05. The molecule has 2 aromatic rings. The summed E-state index contributed by atoms with van der Waals surface area (Å²) in [4.78, 5) is 12.7. The van der Waals surface area contributed by atoms with Crippen LogP contribution in [0.2, 0.25) is 0 Å². The highest BCUT2D eigenvalue weighted by atomic mass is 16.3. The summed E-state index contributed by atoms with van der Waals surface area (Å²) in [5.74, 6) is 0.629. The quantitative estimate of drug-likeness (QED) is 0.656. The maximum atomic E-state index is 12.7. The molecule has 0 fully saturated rings. The molecule has 27 heavy (non-hydrogen) atoms. The van der Waals surface area contributed by atoms with Crippen LogP contribution >= 0.6 is 0 Å². The standard InChI is InChI=1S/C23H32N2O2/c1-16(2)14-20(22(27)25-18-11-7-6-8-12-18)24-15-17-10-9-13-19(21(17)26)23(3,4)5/h6-13,16,20,24,26H,14-15H2,1-5H3,(H,25,27)/t20-/m0/s1. The van der Waals surface area contributed by atoms with Crippen LogP contribution in [0.25, 0.3) is 0 Å². The van der Waals surface area contributed by atoms with Crippen LogP contribution in [0.5, 0.6) is 5.75 Å². The van der Waals surface area contributed by atoms with E-state index in [-0.39, 0.29) is 17.4 Å². The van der Waals surface area contributed by atoms with Crippen molar-refractivity contribution in [3.8, 4) is 5.75 Å². The number of benzene rings is 2. The predicted molar refractivity (Wildman–Crippen MR) is 112 cm³/mol. The van der Waals surface area contributed by atoms with E-state index in [1.807, 2.05) is 48.5 Å².